The number of amides is 2. The lowest BCUT2D eigenvalue weighted by Crippen LogP contribution is -2.53. The van der Waals surface area contributed by atoms with Crippen molar-refractivity contribution >= 4 is 27.5 Å². The number of aryl methyl sites for hydroxylation is 1. The number of anilines is 1. The summed E-state index contributed by atoms with van der Waals surface area (Å²) >= 11 is 0. The first-order valence-electron chi connectivity index (χ1n) is 12.9. The van der Waals surface area contributed by atoms with E-state index in [0.29, 0.717) is 12.1 Å². The first-order chi connectivity index (χ1) is 18.1. The molecule has 0 saturated carbocycles. The molecule has 7 nitrogen and oxygen atoms in total. The summed E-state index contributed by atoms with van der Waals surface area (Å²) in [5.74, 6) is -0.718. The third kappa shape index (κ3) is 7.22. The molecule has 0 radical (unpaired) electrons. The fourth-order valence-electron chi connectivity index (χ4n) is 4.11. The molecule has 0 unspecified atom stereocenters. The molecular formula is C30H37N3O4S. The van der Waals surface area contributed by atoms with E-state index in [0.717, 1.165) is 21.9 Å². The highest BCUT2D eigenvalue weighted by molar-refractivity contribution is 7.92. The summed E-state index contributed by atoms with van der Waals surface area (Å²) in [5, 5.41) is 2.95. The Hall–Kier alpha value is -3.65. The Morgan fingerprint density at radius 1 is 0.868 bits per heavy atom. The minimum absolute atomic E-state index is 0.0436. The Morgan fingerprint density at radius 2 is 1.45 bits per heavy atom. The first kappa shape index (κ1) is 28.9. The zero-order valence-electron chi connectivity index (χ0n) is 22.5. The quantitative estimate of drug-likeness (QED) is 0.368. The molecule has 1 N–H and O–H groups in total. The number of nitrogens with zero attached hydrogens (tertiary/aromatic N) is 2. The molecule has 0 aromatic heterocycles. The van der Waals surface area contributed by atoms with Crippen LogP contribution >= 0.6 is 0 Å². The maximum absolute atomic E-state index is 13.9. The van der Waals surface area contributed by atoms with E-state index in [4.69, 9.17) is 0 Å². The van der Waals surface area contributed by atoms with Crippen LogP contribution in [0.4, 0.5) is 5.69 Å². The summed E-state index contributed by atoms with van der Waals surface area (Å²) < 4.78 is 28.7. The second-order valence-corrected chi connectivity index (χ2v) is 11.3. The standard InChI is InChI=1S/C30H37N3O4S/c1-5-24(3)31-30(35)25(4)32(21-20-26-15-8-6-9-16-26)29(34)22-33(28-19-13-12-14-23(28)2)38(36,37)27-17-10-7-11-18-27/h6-19,24-25H,5,20-22H2,1-4H3,(H,31,35)/t24-,25-/m0/s1. The number of nitrogens with one attached hydrogen (secondary N) is 1. The Kier molecular flexibility index (Phi) is 10.1. The van der Waals surface area contributed by atoms with E-state index in [2.05, 4.69) is 5.32 Å². The van der Waals surface area contributed by atoms with Crippen molar-refractivity contribution in [2.75, 3.05) is 17.4 Å². The first-order valence-corrected chi connectivity index (χ1v) is 14.4. The van der Waals surface area contributed by atoms with Gasteiger partial charge in [-0.05, 0) is 62.9 Å². The molecule has 8 heteroatoms. The van der Waals surface area contributed by atoms with Crippen LogP contribution in [0, 0.1) is 6.92 Å². The zero-order valence-corrected chi connectivity index (χ0v) is 23.3. The zero-order chi connectivity index (χ0) is 27.7. The van der Waals surface area contributed by atoms with Crippen molar-refractivity contribution in [1.29, 1.82) is 0 Å². The molecule has 3 aromatic carbocycles. The van der Waals surface area contributed by atoms with Gasteiger partial charge in [-0.3, -0.25) is 13.9 Å². The van der Waals surface area contributed by atoms with Crippen molar-refractivity contribution < 1.29 is 18.0 Å². The minimum Gasteiger partial charge on any atom is -0.352 e. The third-order valence-electron chi connectivity index (χ3n) is 6.65. The number of sulfonamides is 1. The van der Waals surface area contributed by atoms with Gasteiger partial charge in [-0.1, -0.05) is 73.7 Å². The number of hydrogen-bond acceptors (Lipinski definition) is 4. The molecule has 202 valence electrons. The van der Waals surface area contributed by atoms with Crippen molar-refractivity contribution in [3.63, 3.8) is 0 Å². The maximum Gasteiger partial charge on any atom is 0.264 e. The summed E-state index contributed by atoms with van der Waals surface area (Å²) in [6.07, 6.45) is 1.29. The van der Waals surface area contributed by atoms with E-state index in [9.17, 15) is 18.0 Å². The second-order valence-electron chi connectivity index (χ2n) is 9.43. The lowest BCUT2D eigenvalue weighted by atomic mass is 10.1. The predicted molar refractivity (Wildman–Crippen MR) is 151 cm³/mol. The maximum atomic E-state index is 13.9. The summed E-state index contributed by atoms with van der Waals surface area (Å²) in [6, 6.07) is 24.0. The molecule has 0 fully saturated rings. The molecule has 2 atom stereocenters. The van der Waals surface area contributed by atoms with Crippen LogP contribution in [0.15, 0.2) is 89.8 Å². The van der Waals surface area contributed by atoms with Gasteiger partial charge < -0.3 is 10.2 Å². The SMILES string of the molecule is CC[C@H](C)NC(=O)[C@H](C)N(CCc1ccccc1)C(=O)CN(c1ccccc1C)S(=O)(=O)c1ccccc1. The van der Waals surface area contributed by atoms with Gasteiger partial charge in [0.05, 0.1) is 10.6 Å². The van der Waals surface area contributed by atoms with E-state index >= 15 is 0 Å². The van der Waals surface area contributed by atoms with E-state index in [1.54, 1.807) is 37.3 Å². The lowest BCUT2D eigenvalue weighted by molar-refractivity contribution is -0.139. The molecule has 38 heavy (non-hydrogen) atoms. The van der Waals surface area contributed by atoms with Gasteiger partial charge in [0.2, 0.25) is 11.8 Å². The van der Waals surface area contributed by atoms with E-state index in [1.807, 2.05) is 63.2 Å². The molecule has 0 spiro atoms. The molecule has 0 saturated heterocycles. The summed E-state index contributed by atoms with van der Waals surface area (Å²) in [7, 11) is -4.06. The second kappa shape index (κ2) is 13.2. The van der Waals surface area contributed by atoms with Gasteiger partial charge in [0.15, 0.2) is 0 Å². The normalized spacial score (nSPS) is 12.8. The largest absolute Gasteiger partial charge is 0.352 e. The average Bonchev–Trinajstić information content (AvgIpc) is 2.93. The topological polar surface area (TPSA) is 86.8 Å². The highest BCUT2D eigenvalue weighted by Crippen LogP contribution is 2.27. The highest BCUT2D eigenvalue weighted by atomic mass is 32.2. The van der Waals surface area contributed by atoms with Crippen LogP contribution in [-0.4, -0.2) is 50.3 Å². The van der Waals surface area contributed by atoms with Gasteiger partial charge >= 0.3 is 0 Å². The Balaban J connectivity index is 1.97. The third-order valence-corrected chi connectivity index (χ3v) is 8.42. The van der Waals surface area contributed by atoms with Crippen LogP contribution in [0.3, 0.4) is 0 Å². The molecule has 0 heterocycles. The lowest BCUT2D eigenvalue weighted by Gasteiger charge is -2.32. The number of carbonyl (C=O) groups is 2. The van der Waals surface area contributed by atoms with Gasteiger partial charge in [-0.25, -0.2) is 8.42 Å². The molecule has 0 aliphatic carbocycles. The molecule has 3 aromatic rings. The van der Waals surface area contributed by atoms with Crippen molar-refractivity contribution in [1.82, 2.24) is 10.2 Å². The van der Waals surface area contributed by atoms with Crippen molar-refractivity contribution in [2.24, 2.45) is 0 Å². The number of rotatable bonds is 12. The van der Waals surface area contributed by atoms with Gasteiger partial charge in [0.1, 0.15) is 12.6 Å². The Labute approximate surface area is 226 Å². The molecule has 0 bridgehead atoms. The Bertz CT molecular complexity index is 1310. The van der Waals surface area contributed by atoms with E-state index < -0.39 is 28.5 Å². The molecular weight excluding hydrogens is 498 g/mol. The van der Waals surface area contributed by atoms with Crippen molar-refractivity contribution in [3.05, 3.63) is 96.1 Å². The van der Waals surface area contributed by atoms with Gasteiger partial charge in [-0.2, -0.15) is 0 Å². The van der Waals surface area contributed by atoms with Crippen LogP contribution in [0.25, 0.3) is 0 Å². The highest BCUT2D eigenvalue weighted by Gasteiger charge is 2.33. The molecule has 0 aliphatic heterocycles. The minimum atomic E-state index is -4.06. The average molecular weight is 536 g/mol. The molecule has 0 aliphatic rings. The van der Waals surface area contributed by atoms with E-state index in [-0.39, 0.29) is 23.4 Å². The molecule has 2 amide bonds. The fraction of sp³-hybridized carbons (Fsp3) is 0.333. The van der Waals surface area contributed by atoms with Crippen LogP contribution in [-0.2, 0) is 26.0 Å². The predicted octanol–water partition coefficient (Wildman–Crippen LogP) is 4.56. The van der Waals surface area contributed by atoms with Crippen LogP contribution in [0.1, 0.15) is 38.3 Å². The molecule has 3 rings (SSSR count). The fourth-order valence-corrected chi connectivity index (χ4v) is 5.61. The number of para-hydroxylation sites is 1. The Morgan fingerprint density at radius 3 is 2.05 bits per heavy atom. The van der Waals surface area contributed by atoms with E-state index in [1.165, 1.54) is 17.0 Å². The van der Waals surface area contributed by atoms with Crippen molar-refractivity contribution in [2.45, 2.75) is 57.5 Å². The summed E-state index contributed by atoms with van der Waals surface area (Å²) in [5.41, 5.74) is 2.16. The van der Waals surface area contributed by atoms with Crippen LogP contribution in [0.2, 0.25) is 0 Å². The number of benzene rings is 3. The monoisotopic (exact) mass is 535 g/mol. The van der Waals surface area contributed by atoms with Gasteiger partial charge in [0, 0.05) is 12.6 Å². The smallest absolute Gasteiger partial charge is 0.264 e. The van der Waals surface area contributed by atoms with Gasteiger partial charge in [-0.15, -0.1) is 0 Å². The number of carbonyl (C=O) groups excluding carboxylic acids is 2. The van der Waals surface area contributed by atoms with Gasteiger partial charge in [0.25, 0.3) is 10.0 Å². The number of hydrogen-bond donors (Lipinski definition) is 1. The van der Waals surface area contributed by atoms with Crippen LogP contribution < -0.4 is 9.62 Å². The summed E-state index contributed by atoms with van der Waals surface area (Å²) in [6.45, 7) is 7.21. The van der Waals surface area contributed by atoms with Crippen molar-refractivity contribution in [3.8, 4) is 0 Å². The van der Waals surface area contributed by atoms with Crippen LogP contribution in [0.5, 0.6) is 0 Å². The summed E-state index contributed by atoms with van der Waals surface area (Å²) in [4.78, 5) is 28.5.